The van der Waals surface area contributed by atoms with Gasteiger partial charge >= 0.3 is 5.66 Å². The van der Waals surface area contributed by atoms with Crippen LogP contribution in [0, 0.1) is 0 Å². The summed E-state index contributed by atoms with van der Waals surface area (Å²) in [5, 5.41) is 0. The number of hydrogen-bond donors (Lipinski definition) is 0. The minimum absolute atomic E-state index is 0.0286. The maximum absolute atomic E-state index is 2.60. The van der Waals surface area contributed by atoms with E-state index in [4.69, 9.17) is 0 Å². The summed E-state index contributed by atoms with van der Waals surface area (Å²) in [5.41, 5.74) is 18.2. The number of benzene rings is 4. The highest BCUT2D eigenvalue weighted by Gasteiger charge is 2.74. The highest BCUT2D eigenvalue weighted by atomic mass is 15.3. The van der Waals surface area contributed by atoms with Crippen molar-refractivity contribution in [1.29, 1.82) is 0 Å². The van der Waals surface area contributed by atoms with Gasteiger partial charge in [0.2, 0.25) is 11.4 Å². The first-order valence-corrected chi connectivity index (χ1v) is 16.7. The van der Waals surface area contributed by atoms with Crippen LogP contribution in [0.4, 0.5) is 0 Å². The molecule has 222 valence electrons. The van der Waals surface area contributed by atoms with Crippen LogP contribution < -0.4 is 9.13 Å². The number of nitrogens with zero attached hydrogens (tertiary/aromatic N) is 2. The minimum Gasteiger partial charge on any atom is -0.126 e. The first-order valence-electron chi connectivity index (χ1n) is 16.7. The van der Waals surface area contributed by atoms with Gasteiger partial charge in [0, 0.05) is 24.3 Å². The molecular weight excluding hydrogens is 556 g/mol. The molecule has 2 aliphatic heterocycles. The molecule has 2 aromatic heterocycles. The fourth-order valence-electron chi connectivity index (χ4n) is 9.47. The van der Waals surface area contributed by atoms with Gasteiger partial charge in [-0.25, -0.2) is 0 Å². The third-order valence-electron chi connectivity index (χ3n) is 11.4. The SMILES string of the molecule is CC(C)(C)c1cc2c3c(c1)C1(c4ccccc4-c4ccccc41)c1cc(C(C)(C)C)cc4c1C3([n+]1ccccc1-2)[n+]1ccccc1-4. The van der Waals surface area contributed by atoms with Gasteiger partial charge < -0.3 is 0 Å². The third-order valence-corrected chi connectivity index (χ3v) is 11.4. The molecule has 46 heavy (non-hydrogen) atoms. The van der Waals surface area contributed by atoms with Crippen LogP contribution in [0.3, 0.4) is 0 Å². The molecule has 0 saturated heterocycles. The van der Waals surface area contributed by atoms with Crippen molar-refractivity contribution in [3.05, 3.63) is 166 Å². The molecule has 0 radical (unpaired) electrons. The molecule has 2 nitrogen and oxygen atoms in total. The maximum atomic E-state index is 2.60. The Kier molecular flexibility index (Phi) is 4.66. The van der Waals surface area contributed by atoms with E-state index < -0.39 is 11.1 Å². The Labute approximate surface area is 271 Å². The molecule has 0 amide bonds. The van der Waals surface area contributed by atoms with Gasteiger partial charge in [-0.05, 0) is 79.6 Å². The molecule has 0 fully saturated rings. The van der Waals surface area contributed by atoms with Crippen LogP contribution in [0.5, 0.6) is 0 Å². The van der Waals surface area contributed by atoms with Crippen molar-refractivity contribution < 1.29 is 9.13 Å². The first-order chi connectivity index (χ1) is 22.1. The molecule has 2 aliphatic carbocycles. The Bertz CT molecular complexity index is 2180. The summed E-state index contributed by atoms with van der Waals surface area (Å²) in [6.07, 6.45) is 4.65. The van der Waals surface area contributed by atoms with Crippen molar-refractivity contribution >= 4 is 0 Å². The zero-order chi connectivity index (χ0) is 31.4. The first kappa shape index (κ1) is 26.4. The van der Waals surface area contributed by atoms with Crippen LogP contribution in [0.2, 0.25) is 0 Å². The number of aromatic nitrogens is 2. The van der Waals surface area contributed by atoms with E-state index in [-0.39, 0.29) is 10.8 Å². The van der Waals surface area contributed by atoms with Gasteiger partial charge in [-0.2, -0.15) is 0 Å². The lowest BCUT2D eigenvalue weighted by atomic mass is 9.57. The molecule has 0 atom stereocenters. The monoisotopic (exact) mass is 594 g/mol. The molecule has 0 bridgehead atoms. The van der Waals surface area contributed by atoms with E-state index in [1.54, 1.807) is 0 Å². The minimum atomic E-state index is -0.521. The van der Waals surface area contributed by atoms with Gasteiger partial charge in [-0.1, -0.05) is 102 Å². The van der Waals surface area contributed by atoms with E-state index in [1.807, 2.05) is 0 Å². The summed E-state index contributed by atoms with van der Waals surface area (Å²) in [7, 11) is 0. The van der Waals surface area contributed by atoms with Crippen molar-refractivity contribution in [1.82, 2.24) is 0 Å². The topological polar surface area (TPSA) is 7.76 Å². The zero-order valence-corrected chi connectivity index (χ0v) is 27.4. The van der Waals surface area contributed by atoms with E-state index in [2.05, 4.69) is 172 Å². The van der Waals surface area contributed by atoms with Crippen molar-refractivity contribution in [2.24, 2.45) is 0 Å². The molecule has 2 heteroatoms. The Morgan fingerprint density at radius 3 is 1.28 bits per heavy atom. The highest BCUT2D eigenvalue weighted by Crippen LogP contribution is 2.66. The van der Waals surface area contributed by atoms with Crippen LogP contribution in [0.15, 0.2) is 122 Å². The molecule has 0 N–H and O–H groups in total. The average molecular weight is 595 g/mol. The predicted octanol–water partition coefficient (Wildman–Crippen LogP) is 8.79. The van der Waals surface area contributed by atoms with E-state index in [1.165, 1.54) is 78.1 Å². The van der Waals surface area contributed by atoms with Crippen LogP contribution in [0.25, 0.3) is 33.6 Å². The third kappa shape index (κ3) is 2.79. The second-order valence-corrected chi connectivity index (χ2v) is 15.8. The Morgan fingerprint density at radius 1 is 0.435 bits per heavy atom. The van der Waals surface area contributed by atoms with Crippen LogP contribution in [-0.4, -0.2) is 0 Å². The largest absolute Gasteiger partial charge is 0.418 e. The van der Waals surface area contributed by atoms with E-state index in [0.717, 1.165) is 0 Å². The fraction of sp³-hybridized carbons (Fsp3) is 0.227. The standard InChI is InChI=1S/C44H38N2/c1-41(2,3)27-23-31-37-19-11-13-21-45(37)44-39(31)35(25-27)43(33-17-9-7-15-29(33)30-16-8-10-18-34(30)43)36-26-28(42(4,5)6)24-32(40(36)44)38-20-12-14-22-46(38)44/h7-26H,1-6H3/q+2. The summed E-state index contributed by atoms with van der Waals surface area (Å²) >= 11 is 0. The molecule has 0 saturated carbocycles. The van der Waals surface area contributed by atoms with Crippen molar-refractivity contribution in [3.63, 3.8) is 0 Å². The lowest BCUT2D eigenvalue weighted by Gasteiger charge is -2.42. The van der Waals surface area contributed by atoms with Gasteiger partial charge in [-0.15, -0.1) is 9.13 Å². The quantitative estimate of drug-likeness (QED) is 0.155. The predicted molar refractivity (Wildman–Crippen MR) is 184 cm³/mol. The fourth-order valence-corrected chi connectivity index (χ4v) is 9.47. The van der Waals surface area contributed by atoms with Gasteiger partial charge in [0.1, 0.15) is 11.1 Å². The van der Waals surface area contributed by atoms with E-state index in [9.17, 15) is 0 Å². The van der Waals surface area contributed by atoms with Gasteiger partial charge in [-0.3, -0.25) is 0 Å². The normalized spacial score (nSPS) is 16.4. The van der Waals surface area contributed by atoms with Crippen LogP contribution in [-0.2, 0) is 21.9 Å². The molecular formula is C44H38N2+2. The second kappa shape index (κ2) is 8.12. The van der Waals surface area contributed by atoms with E-state index in [0.29, 0.717) is 0 Å². The number of fused-ring (bicyclic) bond motifs is 11. The van der Waals surface area contributed by atoms with Crippen molar-refractivity contribution in [3.8, 4) is 33.6 Å². The number of pyridine rings is 2. The van der Waals surface area contributed by atoms with Gasteiger partial charge in [0.15, 0.2) is 12.4 Å². The molecule has 0 unspecified atom stereocenters. The number of hydrogen-bond acceptors (Lipinski definition) is 0. The summed E-state index contributed by atoms with van der Waals surface area (Å²) in [6, 6.07) is 42.2. The molecule has 4 aromatic carbocycles. The molecule has 6 aromatic rings. The summed E-state index contributed by atoms with van der Waals surface area (Å²) in [6.45, 7) is 14.2. The lowest BCUT2D eigenvalue weighted by molar-refractivity contribution is -0.955. The number of rotatable bonds is 0. The van der Waals surface area contributed by atoms with Crippen molar-refractivity contribution in [2.45, 2.75) is 63.5 Å². The van der Waals surface area contributed by atoms with Crippen LogP contribution >= 0.6 is 0 Å². The highest BCUT2D eigenvalue weighted by molar-refractivity contribution is 5.92. The molecule has 4 aliphatic rings. The summed E-state index contributed by atoms with van der Waals surface area (Å²) < 4.78 is 5.17. The molecule has 10 rings (SSSR count). The zero-order valence-electron chi connectivity index (χ0n) is 27.4. The van der Waals surface area contributed by atoms with Gasteiger partial charge in [0.25, 0.3) is 0 Å². The smallest absolute Gasteiger partial charge is 0.126 e. The lowest BCUT2D eigenvalue weighted by Crippen LogP contribution is -2.73. The Hall–Kier alpha value is -4.82. The molecule has 4 heterocycles. The maximum Gasteiger partial charge on any atom is 0.418 e. The van der Waals surface area contributed by atoms with E-state index >= 15 is 0 Å². The van der Waals surface area contributed by atoms with Gasteiger partial charge in [0.05, 0.1) is 16.5 Å². The summed E-state index contributed by atoms with van der Waals surface area (Å²) in [5.74, 6) is 0. The Morgan fingerprint density at radius 2 is 0.848 bits per heavy atom. The summed E-state index contributed by atoms with van der Waals surface area (Å²) in [4.78, 5) is 0. The molecule has 2 spiro atoms. The second-order valence-electron chi connectivity index (χ2n) is 15.8. The van der Waals surface area contributed by atoms with Crippen molar-refractivity contribution in [2.75, 3.05) is 0 Å². The average Bonchev–Trinajstić information content (AvgIpc) is 3.64. The van der Waals surface area contributed by atoms with Crippen LogP contribution in [0.1, 0.15) is 86.1 Å². The Balaban J connectivity index is 1.54.